The van der Waals surface area contributed by atoms with Crippen LogP contribution in [0, 0.1) is 0 Å². The Kier molecular flexibility index (Phi) is 8.04. The highest BCUT2D eigenvalue weighted by Crippen LogP contribution is 2.30. The molecule has 1 aromatic heterocycles. The molecule has 1 atom stereocenters. The van der Waals surface area contributed by atoms with Crippen molar-refractivity contribution < 1.29 is 9.21 Å². The molecule has 1 N–H and O–H groups in total. The summed E-state index contributed by atoms with van der Waals surface area (Å²) in [6.45, 7) is 4.88. The Hall–Kier alpha value is -2.38. The highest BCUT2D eigenvalue weighted by atomic mass is 35.5. The van der Waals surface area contributed by atoms with Crippen LogP contribution in [-0.4, -0.2) is 60.5 Å². The maximum absolute atomic E-state index is 12.8. The summed E-state index contributed by atoms with van der Waals surface area (Å²) in [5.41, 5.74) is 1.83. The smallest absolute Gasteiger partial charge is 0.221 e. The number of hydrogen-bond donors (Lipinski definition) is 1. The number of carbonyl (C=O) groups is 1. The molecule has 0 bridgehead atoms. The minimum Gasteiger partial charge on any atom is -0.441 e. The van der Waals surface area contributed by atoms with Gasteiger partial charge in [0.2, 0.25) is 5.91 Å². The molecule has 174 valence electrons. The molecule has 1 aliphatic rings. The van der Waals surface area contributed by atoms with Crippen molar-refractivity contribution in [3.05, 3.63) is 76.2 Å². The fourth-order valence-corrected chi connectivity index (χ4v) is 4.44. The van der Waals surface area contributed by atoms with Crippen LogP contribution < -0.4 is 5.32 Å². The van der Waals surface area contributed by atoms with Gasteiger partial charge >= 0.3 is 0 Å². The summed E-state index contributed by atoms with van der Waals surface area (Å²) >= 11 is 12.2. The second-order valence-electron chi connectivity index (χ2n) is 8.38. The molecule has 0 aliphatic carbocycles. The average molecular weight is 487 g/mol. The number of aryl methyl sites for hydroxylation is 1. The van der Waals surface area contributed by atoms with Crippen molar-refractivity contribution in [3.63, 3.8) is 0 Å². The lowest BCUT2D eigenvalue weighted by atomic mass is 10.1. The molecule has 0 spiro atoms. The predicted octanol–water partition coefficient (Wildman–Crippen LogP) is 4.69. The molecular formula is C25H28Cl2N4O2. The average Bonchev–Trinajstić information content (AvgIpc) is 3.28. The highest BCUT2D eigenvalue weighted by molar-refractivity contribution is 6.36. The van der Waals surface area contributed by atoms with Crippen LogP contribution in [0.2, 0.25) is 10.0 Å². The summed E-state index contributed by atoms with van der Waals surface area (Å²) in [5.74, 6) is 1.04. The van der Waals surface area contributed by atoms with Crippen molar-refractivity contribution in [1.82, 2.24) is 20.1 Å². The third-order valence-electron chi connectivity index (χ3n) is 5.89. The maximum atomic E-state index is 12.8. The quantitative estimate of drug-likeness (QED) is 0.500. The largest absolute Gasteiger partial charge is 0.441 e. The van der Waals surface area contributed by atoms with Gasteiger partial charge in [-0.2, -0.15) is 0 Å². The van der Waals surface area contributed by atoms with Crippen LogP contribution in [0.1, 0.15) is 23.9 Å². The predicted molar refractivity (Wildman–Crippen MR) is 132 cm³/mol. The van der Waals surface area contributed by atoms with Gasteiger partial charge in [-0.05, 0) is 30.8 Å². The van der Waals surface area contributed by atoms with Gasteiger partial charge in [-0.1, -0.05) is 53.5 Å². The van der Waals surface area contributed by atoms with Gasteiger partial charge in [-0.15, -0.1) is 0 Å². The molecule has 1 aliphatic heterocycles. The summed E-state index contributed by atoms with van der Waals surface area (Å²) in [5, 5.41) is 4.27. The molecule has 6 nitrogen and oxygen atoms in total. The molecule has 1 unspecified atom stereocenters. The maximum Gasteiger partial charge on any atom is 0.221 e. The number of likely N-dealkylation sites (N-methyl/N-ethyl adjacent to an activating group) is 1. The van der Waals surface area contributed by atoms with Gasteiger partial charge < -0.3 is 14.6 Å². The van der Waals surface area contributed by atoms with Crippen molar-refractivity contribution in [2.45, 2.75) is 18.9 Å². The zero-order chi connectivity index (χ0) is 23.2. The van der Waals surface area contributed by atoms with E-state index >= 15 is 0 Å². The molecular weight excluding hydrogens is 459 g/mol. The van der Waals surface area contributed by atoms with Crippen LogP contribution in [0.15, 0.2) is 59.1 Å². The molecule has 1 amide bonds. The molecule has 3 aromatic rings. The van der Waals surface area contributed by atoms with E-state index in [0.717, 1.165) is 43.9 Å². The standard InChI is InChI=1S/C25H28Cl2N4O2/c1-30-11-13-31(14-12-30)17-22(18-5-3-2-4-6-18)29-24(32)9-10-25-28-16-23(33-25)20-8-7-19(26)15-21(20)27/h2-8,15-16,22H,9-14,17H2,1H3,(H,29,32). The molecule has 2 aromatic carbocycles. The number of nitrogens with zero attached hydrogens (tertiary/aromatic N) is 3. The van der Waals surface area contributed by atoms with E-state index in [2.05, 4.69) is 39.3 Å². The number of oxazole rings is 1. The Labute approximate surface area is 204 Å². The minimum absolute atomic E-state index is 0.0257. The molecule has 0 saturated carbocycles. The molecule has 1 fully saturated rings. The lowest BCUT2D eigenvalue weighted by Crippen LogP contribution is -2.47. The SMILES string of the molecule is CN1CCN(CC(NC(=O)CCc2ncc(-c3ccc(Cl)cc3Cl)o2)c2ccccc2)CC1. The van der Waals surface area contributed by atoms with Crippen molar-refractivity contribution in [2.75, 3.05) is 39.8 Å². The van der Waals surface area contributed by atoms with Crippen molar-refractivity contribution in [2.24, 2.45) is 0 Å². The van der Waals surface area contributed by atoms with Crippen LogP contribution in [0.3, 0.4) is 0 Å². The summed E-state index contributed by atoms with van der Waals surface area (Å²) in [6.07, 6.45) is 2.33. The zero-order valence-electron chi connectivity index (χ0n) is 18.6. The monoisotopic (exact) mass is 486 g/mol. The van der Waals surface area contributed by atoms with E-state index in [0.29, 0.717) is 34.5 Å². The first-order valence-electron chi connectivity index (χ1n) is 11.1. The first-order chi connectivity index (χ1) is 16.0. The van der Waals surface area contributed by atoms with E-state index in [1.807, 2.05) is 18.2 Å². The zero-order valence-corrected chi connectivity index (χ0v) is 20.1. The van der Waals surface area contributed by atoms with E-state index in [4.69, 9.17) is 27.6 Å². The summed E-state index contributed by atoms with van der Waals surface area (Å²) in [6, 6.07) is 15.3. The van der Waals surface area contributed by atoms with Crippen LogP contribution in [0.5, 0.6) is 0 Å². The van der Waals surface area contributed by atoms with Crippen molar-refractivity contribution in [3.8, 4) is 11.3 Å². The topological polar surface area (TPSA) is 61.6 Å². The third kappa shape index (κ3) is 6.58. The molecule has 33 heavy (non-hydrogen) atoms. The van der Waals surface area contributed by atoms with Gasteiger partial charge in [0.1, 0.15) is 0 Å². The Morgan fingerprint density at radius 1 is 1.12 bits per heavy atom. The van der Waals surface area contributed by atoms with Crippen LogP contribution >= 0.6 is 23.2 Å². The van der Waals surface area contributed by atoms with Crippen LogP contribution in [-0.2, 0) is 11.2 Å². The number of piperazine rings is 1. The Bertz CT molecular complexity index is 1070. The van der Waals surface area contributed by atoms with Gasteiger partial charge in [0.05, 0.1) is 17.3 Å². The molecule has 1 saturated heterocycles. The van der Waals surface area contributed by atoms with Gasteiger partial charge in [-0.3, -0.25) is 9.69 Å². The first kappa shape index (κ1) is 23.8. The number of benzene rings is 2. The number of rotatable bonds is 8. The van der Waals surface area contributed by atoms with E-state index < -0.39 is 0 Å². The van der Waals surface area contributed by atoms with E-state index in [-0.39, 0.29) is 11.9 Å². The van der Waals surface area contributed by atoms with Gasteiger partial charge in [0.15, 0.2) is 11.7 Å². The van der Waals surface area contributed by atoms with Crippen LogP contribution in [0.25, 0.3) is 11.3 Å². The number of nitrogens with one attached hydrogen (secondary N) is 1. The molecule has 0 radical (unpaired) electrons. The van der Waals surface area contributed by atoms with Gasteiger partial charge in [0.25, 0.3) is 0 Å². The van der Waals surface area contributed by atoms with Crippen molar-refractivity contribution >= 4 is 29.1 Å². The number of aromatic nitrogens is 1. The summed E-state index contributed by atoms with van der Waals surface area (Å²) in [7, 11) is 2.14. The van der Waals surface area contributed by atoms with E-state index in [1.165, 1.54) is 0 Å². The second kappa shape index (κ2) is 11.2. The first-order valence-corrected chi connectivity index (χ1v) is 11.9. The molecule has 4 rings (SSSR count). The third-order valence-corrected chi connectivity index (χ3v) is 6.44. The summed E-state index contributed by atoms with van der Waals surface area (Å²) in [4.78, 5) is 21.9. The normalized spacial score (nSPS) is 16.0. The van der Waals surface area contributed by atoms with Gasteiger partial charge in [-0.25, -0.2) is 4.98 Å². The van der Waals surface area contributed by atoms with E-state index in [9.17, 15) is 4.79 Å². The Morgan fingerprint density at radius 3 is 2.61 bits per heavy atom. The van der Waals surface area contributed by atoms with Crippen LogP contribution in [0.4, 0.5) is 0 Å². The number of hydrogen-bond acceptors (Lipinski definition) is 5. The Balaban J connectivity index is 1.36. The van der Waals surface area contributed by atoms with Crippen molar-refractivity contribution in [1.29, 1.82) is 0 Å². The lowest BCUT2D eigenvalue weighted by molar-refractivity contribution is -0.122. The number of halogens is 2. The Morgan fingerprint density at radius 2 is 1.88 bits per heavy atom. The molecule has 2 heterocycles. The fourth-order valence-electron chi connectivity index (χ4n) is 3.93. The second-order valence-corrected chi connectivity index (χ2v) is 9.22. The number of amides is 1. The molecule has 8 heteroatoms. The van der Waals surface area contributed by atoms with Gasteiger partial charge in [0, 0.05) is 56.2 Å². The number of carbonyl (C=O) groups excluding carboxylic acids is 1. The van der Waals surface area contributed by atoms with E-state index in [1.54, 1.807) is 24.4 Å². The fraction of sp³-hybridized carbons (Fsp3) is 0.360. The lowest BCUT2D eigenvalue weighted by Gasteiger charge is -2.35. The summed E-state index contributed by atoms with van der Waals surface area (Å²) < 4.78 is 5.83. The minimum atomic E-state index is -0.0601. The highest BCUT2D eigenvalue weighted by Gasteiger charge is 2.21.